The standard InChI is InChI=1S/C10H19NO2/c1-8-6-5-7-11(8)9(12)13-10(2,3)4/h8H,5-7H2,1-4H3/i1D3. The Morgan fingerprint density at radius 1 is 1.62 bits per heavy atom. The lowest BCUT2D eigenvalue weighted by atomic mass is 10.2. The van der Waals surface area contributed by atoms with Crippen molar-refractivity contribution in [2.24, 2.45) is 0 Å². The molecule has 76 valence electrons. The zero-order valence-electron chi connectivity index (χ0n) is 11.5. The van der Waals surface area contributed by atoms with Crippen LogP contribution >= 0.6 is 0 Å². The number of carbonyl (C=O) groups is 1. The Balaban J connectivity index is 2.69. The molecule has 1 saturated heterocycles. The van der Waals surface area contributed by atoms with E-state index >= 15 is 0 Å². The van der Waals surface area contributed by atoms with Gasteiger partial charge >= 0.3 is 6.09 Å². The summed E-state index contributed by atoms with van der Waals surface area (Å²) in [7, 11) is 0. The van der Waals surface area contributed by atoms with E-state index in [4.69, 9.17) is 8.85 Å². The van der Waals surface area contributed by atoms with Crippen LogP contribution in [0.2, 0.25) is 0 Å². The van der Waals surface area contributed by atoms with E-state index in [0.29, 0.717) is 13.0 Å². The second-order valence-electron chi connectivity index (χ2n) is 4.33. The fourth-order valence-corrected chi connectivity index (χ4v) is 1.31. The molecule has 0 radical (unpaired) electrons. The lowest BCUT2D eigenvalue weighted by molar-refractivity contribution is 0.0239. The first-order valence-corrected chi connectivity index (χ1v) is 4.61. The molecule has 0 saturated carbocycles. The minimum Gasteiger partial charge on any atom is -0.444 e. The van der Waals surface area contributed by atoms with Gasteiger partial charge in [-0.1, -0.05) is 0 Å². The van der Waals surface area contributed by atoms with Crippen LogP contribution in [-0.4, -0.2) is 29.2 Å². The van der Waals surface area contributed by atoms with E-state index in [9.17, 15) is 4.79 Å². The highest BCUT2D eigenvalue weighted by Crippen LogP contribution is 2.19. The van der Waals surface area contributed by atoms with E-state index in [2.05, 4.69) is 0 Å². The predicted molar refractivity (Wildman–Crippen MR) is 51.6 cm³/mol. The quantitative estimate of drug-likeness (QED) is 0.584. The zero-order chi connectivity index (χ0) is 12.6. The van der Waals surface area contributed by atoms with E-state index in [1.807, 2.05) is 0 Å². The van der Waals surface area contributed by atoms with Gasteiger partial charge < -0.3 is 9.64 Å². The molecular formula is C10H19NO2. The lowest BCUT2D eigenvalue weighted by Crippen LogP contribution is -2.38. The minimum atomic E-state index is -2.12. The second kappa shape index (κ2) is 3.56. The van der Waals surface area contributed by atoms with Gasteiger partial charge in [0.15, 0.2) is 0 Å². The third kappa shape index (κ3) is 2.90. The fourth-order valence-electron chi connectivity index (χ4n) is 1.31. The van der Waals surface area contributed by atoms with Crippen LogP contribution in [0.4, 0.5) is 4.79 Å². The first-order chi connectivity index (χ1) is 7.11. The van der Waals surface area contributed by atoms with E-state index in [0.717, 1.165) is 6.42 Å². The molecule has 3 nitrogen and oxygen atoms in total. The number of carbonyl (C=O) groups excluding carboxylic acids is 1. The molecule has 0 aromatic rings. The van der Waals surface area contributed by atoms with Crippen LogP contribution in [0.25, 0.3) is 0 Å². The molecule has 0 bridgehead atoms. The first kappa shape index (κ1) is 6.68. The second-order valence-corrected chi connectivity index (χ2v) is 4.33. The number of ether oxygens (including phenoxy) is 1. The predicted octanol–water partition coefficient (Wildman–Crippen LogP) is 2.41. The Morgan fingerprint density at radius 3 is 2.85 bits per heavy atom. The monoisotopic (exact) mass is 188 g/mol. The molecule has 13 heavy (non-hydrogen) atoms. The molecule has 0 N–H and O–H groups in total. The van der Waals surface area contributed by atoms with Gasteiger partial charge in [0.1, 0.15) is 5.60 Å². The third-order valence-corrected chi connectivity index (χ3v) is 1.88. The average molecular weight is 188 g/mol. The Bertz CT molecular complexity index is 270. The molecule has 3 heteroatoms. The van der Waals surface area contributed by atoms with Crippen LogP contribution in [0, 0.1) is 0 Å². The summed E-state index contributed by atoms with van der Waals surface area (Å²) in [6, 6.07) is -0.692. The van der Waals surface area contributed by atoms with Crippen molar-refractivity contribution in [3.63, 3.8) is 0 Å². The first-order valence-electron chi connectivity index (χ1n) is 6.11. The van der Waals surface area contributed by atoms with Crippen LogP contribution in [0.1, 0.15) is 44.6 Å². The Kier molecular flexibility index (Phi) is 1.83. The van der Waals surface area contributed by atoms with E-state index in [-0.39, 0.29) is 0 Å². The molecular weight excluding hydrogens is 166 g/mol. The summed E-state index contributed by atoms with van der Waals surface area (Å²) in [5, 5.41) is 0. The number of amides is 1. The molecule has 0 aromatic heterocycles. The van der Waals surface area contributed by atoms with Crippen molar-refractivity contribution in [1.82, 2.24) is 4.90 Å². The summed E-state index contributed by atoms with van der Waals surface area (Å²) >= 11 is 0. The van der Waals surface area contributed by atoms with Gasteiger partial charge in [-0.15, -0.1) is 0 Å². The summed E-state index contributed by atoms with van der Waals surface area (Å²) in [5.41, 5.74) is -0.584. The van der Waals surface area contributed by atoms with Crippen molar-refractivity contribution >= 4 is 6.09 Å². The van der Waals surface area contributed by atoms with Crippen molar-refractivity contribution in [2.45, 2.75) is 52.1 Å². The number of rotatable bonds is 0. The van der Waals surface area contributed by atoms with Crippen molar-refractivity contribution in [3.8, 4) is 0 Å². The van der Waals surface area contributed by atoms with Crippen LogP contribution in [0.15, 0.2) is 0 Å². The summed E-state index contributed by atoms with van der Waals surface area (Å²) in [6.07, 6.45) is 0.726. The molecule has 1 heterocycles. The van der Waals surface area contributed by atoms with Crippen LogP contribution in [-0.2, 0) is 4.74 Å². The van der Waals surface area contributed by atoms with Gasteiger partial charge in [-0.05, 0) is 40.5 Å². The van der Waals surface area contributed by atoms with Crippen molar-refractivity contribution in [2.75, 3.05) is 6.54 Å². The minimum absolute atomic E-state index is 0.470. The fraction of sp³-hybridized carbons (Fsp3) is 0.900. The van der Waals surface area contributed by atoms with Gasteiger partial charge in [-0.3, -0.25) is 0 Å². The summed E-state index contributed by atoms with van der Waals surface area (Å²) in [6.45, 7) is 3.66. The third-order valence-electron chi connectivity index (χ3n) is 1.88. The largest absolute Gasteiger partial charge is 0.444 e. The van der Waals surface area contributed by atoms with Crippen LogP contribution in [0.3, 0.4) is 0 Å². The van der Waals surface area contributed by atoms with E-state index < -0.39 is 24.6 Å². The summed E-state index contributed by atoms with van der Waals surface area (Å²) < 4.78 is 27.3. The maximum atomic E-state index is 11.8. The van der Waals surface area contributed by atoms with Gasteiger partial charge in [-0.2, -0.15) is 0 Å². The Labute approximate surface area is 84.3 Å². The molecule has 1 aliphatic rings. The van der Waals surface area contributed by atoms with Crippen molar-refractivity contribution in [1.29, 1.82) is 0 Å². The highest BCUT2D eigenvalue weighted by atomic mass is 16.6. The SMILES string of the molecule is [2H]C([2H])([2H])C1CCCN1C(=O)OC(C)(C)C. The molecule has 0 aliphatic carbocycles. The van der Waals surface area contributed by atoms with Crippen LogP contribution in [0.5, 0.6) is 0 Å². The number of hydrogen-bond acceptors (Lipinski definition) is 2. The lowest BCUT2D eigenvalue weighted by Gasteiger charge is -2.26. The van der Waals surface area contributed by atoms with E-state index in [1.54, 1.807) is 20.8 Å². The highest BCUT2D eigenvalue weighted by Gasteiger charge is 2.28. The molecule has 1 atom stereocenters. The van der Waals surface area contributed by atoms with Gasteiger partial charge in [0.2, 0.25) is 0 Å². The van der Waals surface area contributed by atoms with Crippen molar-refractivity contribution in [3.05, 3.63) is 0 Å². The maximum absolute atomic E-state index is 11.8. The van der Waals surface area contributed by atoms with Gasteiger partial charge in [0.05, 0.1) is 0 Å². The molecule has 1 fully saturated rings. The van der Waals surface area contributed by atoms with Gasteiger partial charge in [-0.25, -0.2) is 4.79 Å². The molecule has 1 amide bonds. The summed E-state index contributed by atoms with van der Waals surface area (Å²) in [5.74, 6) is 0. The van der Waals surface area contributed by atoms with Gasteiger partial charge in [0, 0.05) is 16.7 Å². The molecule has 1 rings (SSSR count). The zero-order valence-corrected chi connectivity index (χ0v) is 8.46. The Morgan fingerprint density at radius 2 is 2.31 bits per heavy atom. The number of likely N-dealkylation sites (tertiary alicyclic amines) is 1. The molecule has 0 spiro atoms. The van der Waals surface area contributed by atoms with Crippen LogP contribution < -0.4 is 0 Å². The summed E-state index contributed by atoms with van der Waals surface area (Å²) in [4.78, 5) is 13.1. The molecule has 1 aliphatic heterocycles. The smallest absolute Gasteiger partial charge is 0.410 e. The molecule has 0 aromatic carbocycles. The maximum Gasteiger partial charge on any atom is 0.410 e. The highest BCUT2D eigenvalue weighted by molar-refractivity contribution is 5.68. The van der Waals surface area contributed by atoms with E-state index in [1.165, 1.54) is 4.90 Å². The average Bonchev–Trinajstić information content (AvgIpc) is 2.45. The number of hydrogen-bond donors (Lipinski definition) is 0. The number of nitrogens with zero attached hydrogens (tertiary/aromatic N) is 1. The van der Waals surface area contributed by atoms with Crippen molar-refractivity contribution < 1.29 is 13.6 Å². The molecule has 1 unspecified atom stereocenters. The normalized spacial score (nSPS) is 27.8. The van der Waals surface area contributed by atoms with Gasteiger partial charge in [0.25, 0.3) is 0 Å². The Hall–Kier alpha value is -0.730. The topological polar surface area (TPSA) is 29.5 Å².